The smallest absolute Gasteiger partial charge is 0.416 e. The van der Waals surface area contributed by atoms with E-state index in [2.05, 4.69) is 5.32 Å². The van der Waals surface area contributed by atoms with Crippen molar-refractivity contribution in [1.82, 2.24) is 4.31 Å². The maximum absolute atomic E-state index is 13.1. The number of anilines is 1. The number of alkyl halides is 3. The molecule has 3 rings (SSSR count). The van der Waals surface area contributed by atoms with Gasteiger partial charge in [0.1, 0.15) is 5.75 Å². The zero-order valence-corrected chi connectivity index (χ0v) is 18.7. The lowest BCUT2D eigenvalue weighted by molar-refractivity contribution is -0.137. The fraction of sp³-hybridized carbons (Fsp3) is 0.381. The number of rotatable bonds is 6. The average molecular weight is 491 g/mol. The standard InChI is InChI=1S/C21H22ClF3N2O4S/c1-2-31-19-9-8-17(12-18(19)22)32(29,30)27-10-4-5-14(13-27)20(28)26-16-7-3-6-15(11-16)21(23,24)25/h3,6-9,11-12,14H,2,4-5,10,13H2,1H3,(H,26,28)/t14-/m1/s1. The Bertz CT molecular complexity index is 1090. The number of halogens is 4. The zero-order valence-electron chi connectivity index (χ0n) is 17.2. The number of sulfonamides is 1. The molecule has 1 amide bonds. The van der Waals surface area contributed by atoms with E-state index in [1.54, 1.807) is 6.92 Å². The van der Waals surface area contributed by atoms with Gasteiger partial charge < -0.3 is 10.1 Å². The minimum Gasteiger partial charge on any atom is -0.492 e. The average Bonchev–Trinajstić information content (AvgIpc) is 2.75. The summed E-state index contributed by atoms with van der Waals surface area (Å²) in [7, 11) is -3.92. The Labute approximate surface area is 189 Å². The van der Waals surface area contributed by atoms with Gasteiger partial charge in [0, 0.05) is 18.8 Å². The first-order valence-corrected chi connectivity index (χ1v) is 11.7. The maximum atomic E-state index is 13.1. The van der Waals surface area contributed by atoms with E-state index in [-0.39, 0.29) is 28.7 Å². The second-order valence-electron chi connectivity index (χ2n) is 7.30. The van der Waals surface area contributed by atoms with Gasteiger partial charge in [0.05, 0.1) is 28.0 Å². The lowest BCUT2D eigenvalue weighted by atomic mass is 9.98. The Morgan fingerprint density at radius 3 is 2.66 bits per heavy atom. The molecule has 2 aromatic carbocycles. The number of benzene rings is 2. The molecule has 1 fully saturated rings. The number of nitrogens with one attached hydrogen (secondary N) is 1. The Morgan fingerprint density at radius 1 is 1.25 bits per heavy atom. The summed E-state index contributed by atoms with van der Waals surface area (Å²) in [6.45, 7) is 2.29. The lowest BCUT2D eigenvalue weighted by Gasteiger charge is -2.31. The van der Waals surface area contributed by atoms with Crippen molar-refractivity contribution in [2.45, 2.75) is 30.8 Å². The van der Waals surface area contributed by atoms with Crippen LogP contribution in [0.25, 0.3) is 0 Å². The summed E-state index contributed by atoms with van der Waals surface area (Å²) < 4.78 is 71.3. The van der Waals surface area contributed by atoms with Crippen LogP contribution in [-0.2, 0) is 21.0 Å². The van der Waals surface area contributed by atoms with E-state index in [0.717, 1.165) is 12.1 Å². The van der Waals surface area contributed by atoms with Gasteiger partial charge in [0.25, 0.3) is 0 Å². The number of hydrogen-bond acceptors (Lipinski definition) is 4. The number of hydrogen-bond donors (Lipinski definition) is 1. The first-order chi connectivity index (χ1) is 15.0. The summed E-state index contributed by atoms with van der Waals surface area (Å²) in [6, 6.07) is 8.47. The molecule has 0 bridgehead atoms. The summed E-state index contributed by atoms with van der Waals surface area (Å²) in [5.41, 5.74) is -0.876. The molecule has 0 aromatic heterocycles. The van der Waals surface area contributed by atoms with Gasteiger partial charge in [-0.25, -0.2) is 8.42 Å². The Balaban J connectivity index is 1.73. The Kier molecular flexibility index (Phi) is 7.36. The van der Waals surface area contributed by atoms with Crippen LogP contribution in [0.15, 0.2) is 47.4 Å². The van der Waals surface area contributed by atoms with Crippen molar-refractivity contribution in [2.75, 3.05) is 25.0 Å². The minimum atomic E-state index is -4.53. The maximum Gasteiger partial charge on any atom is 0.416 e. The topological polar surface area (TPSA) is 75.7 Å². The summed E-state index contributed by atoms with van der Waals surface area (Å²) >= 11 is 6.12. The van der Waals surface area contributed by atoms with Crippen LogP contribution in [0.4, 0.5) is 18.9 Å². The number of piperidine rings is 1. The molecule has 1 N–H and O–H groups in total. The molecule has 0 radical (unpaired) electrons. The van der Waals surface area contributed by atoms with Gasteiger partial charge in [-0.15, -0.1) is 0 Å². The molecule has 32 heavy (non-hydrogen) atoms. The first-order valence-electron chi connectivity index (χ1n) is 9.93. The van der Waals surface area contributed by atoms with Crippen LogP contribution in [0.1, 0.15) is 25.3 Å². The minimum absolute atomic E-state index is 0.00287. The van der Waals surface area contributed by atoms with Crippen LogP contribution in [0.3, 0.4) is 0 Å². The highest BCUT2D eigenvalue weighted by Crippen LogP contribution is 2.32. The molecular formula is C21H22ClF3N2O4S. The van der Waals surface area contributed by atoms with Gasteiger partial charge in [0.2, 0.25) is 15.9 Å². The fourth-order valence-electron chi connectivity index (χ4n) is 3.46. The number of carbonyl (C=O) groups is 1. The highest BCUT2D eigenvalue weighted by molar-refractivity contribution is 7.89. The molecule has 0 aliphatic carbocycles. The van der Waals surface area contributed by atoms with E-state index < -0.39 is 33.6 Å². The monoisotopic (exact) mass is 490 g/mol. The van der Waals surface area contributed by atoms with Gasteiger partial charge in [0.15, 0.2) is 0 Å². The molecule has 174 valence electrons. The Morgan fingerprint density at radius 2 is 2.00 bits per heavy atom. The molecule has 6 nitrogen and oxygen atoms in total. The van der Waals surface area contributed by atoms with Crippen LogP contribution >= 0.6 is 11.6 Å². The van der Waals surface area contributed by atoms with Gasteiger partial charge in [-0.1, -0.05) is 17.7 Å². The van der Waals surface area contributed by atoms with E-state index >= 15 is 0 Å². The molecule has 1 aliphatic rings. The molecule has 1 atom stereocenters. The third-order valence-corrected chi connectivity index (χ3v) is 7.21. The summed E-state index contributed by atoms with van der Waals surface area (Å²) in [5.74, 6) is -0.870. The van der Waals surface area contributed by atoms with Gasteiger partial charge >= 0.3 is 6.18 Å². The molecule has 11 heteroatoms. The third kappa shape index (κ3) is 5.54. The lowest BCUT2D eigenvalue weighted by Crippen LogP contribution is -2.43. The van der Waals surface area contributed by atoms with Crippen molar-refractivity contribution in [1.29, 1.82) is 0 Å². The largest absolute Gasteiger partial charge is 0.492 e. The third-order valence-electron chi connectivity index (χ3n) is 5.05. The quantitative estimate of drug-likeness (QED) is 0.631. The van der Waals surface area contributed by atoms with E-state index in [1.165, 1.54) is 34.6 Å². The zero-order chi connectivity index (χ0) is 23.5. The van der Waals surface area contributed by atoms with E-state index in [1.807, 2.05) is 0 Å². The van der Waals surface area contributed by atoms with Gasteiger partial charge in [-0.3, -0.25) is 4.79 Å². The van der Waals surface area contributed by atoms with Crippen LogP contribution in [0, 0.1) is 5.92 Å². The first kappa shape index (κ1) is 24.3. The summed E-state index contributed by atoms with van der Waals surface area (Å²) in [4.78, 5) is 12.6. The van der Waals surface area contributed by atoms with E-state index in [4.69, 9.17) is 16.3 Å². The Hall–Kier alpha value is -2.30. The predicted molar refractivity (Wildman–Crippen MR) is 114 cm³/mol. The van der Waals surface area contributed by atoms with Crippen molar-refractivity contribution in [3.8, 4) is 5.75 Å². The van der Waals surface area contributed by atoms with Crippen LogP contribution in [0.5, 0.6) is 5.75 Å². The molecule has 2 aromatic rings. The molecule has 1 heterocycles. The summed E-state index contributed by atoms with van der Waals surface area (Å²) in [5, 5.41) is 2.62. The molecule has 0 unspecified atom stereocenters. The second-order valence-corrected chi connectivity index (χ2v) is 9.64. The normalized spacial score (nSPS) is 17.7. The predicted octanol–water partition coefficient (Wildman–Crippen LogP) is 4.80. The highest BCUT2D eigenvalue weighted by atomic mass is 35.5. The second kappa shape index (κ2) is 9.68. The number of amides is 1. The highest BCUT2D eigenvalue weighted by Gasteiger charge is 2.34. The number of ether oxygens (including phenoxy) is 1. The SMILES string of the molecule is CCOc1ccc(S(=O)(=O)N2CCC[C@@H](C(=O)Nc3cccc(C(F)(F)F)c3)C2)cc1Cl. The molecular weight excluding hydrogens is 469 g/mol. The van der Waals surface area contributed by atoms with Gasteiger partial charge in [-0.05, 0) is 56.2 Å². The molecule has 0 spiro atoms. The van der Waals surface area contributed by atoms with Crippen molar-refractivity contribution >= 4 is 33.2 Å². The van der Waals surface area contributed by atoms with Crippen molar-refractivity contribution in [2.24, 2.45) is 5.92 Å². The van der Waals surface area contributed by atoms with Crippen LogP contribution in [-0.4, -0.2) is 38.3 Å². The number of nitrogens with zero attached hydrogens (tertiary/aromatic N) is 1. The van der Waals surface area contributed by atoms with Crippen LogP contribution < -0.4 is 10.1 Å². The molecule has 0 saturated carbocycles. The molecule has 1 aliphatic heterocycles. The molecule has 1 saturated heterocycles. The van der Waals surface area contributed by atoms with E-state index in [0.29, 0.717) is 25.2 Å². The summed E-state index contributed by atoms with van der Waals surface area (Å²) in [6.07, 6.45) is -3.68. The van der Waals surface area contributed by atoms with E-state index in [9.17, 15) is 26.4 Å². The van der Waals surface area contributed by atoms with Crippen molar-refractivity contribution < 1.29 is 31.1 Å². The van der Waals surface area contributed by atoms with Gasteiger partial charge in [-0.2, -0.15) is 17.5 Å². The van der Waals surface area contributed by atoms with Crippen molar-refractivity contribution in [3.05, 3.63) is 53.1 Å². The fourth-order valence-corrected chi connectivity index (χ4v) is 5.31. The number of carbonyl (C=O) groups excluding carboxylic acids is 1. The van der Waals surface area contributed by atoms with Crippen molar-refractivity contribution in [3.63, 3.8) is 0 Å². The van der Waals surface area contributed by atoms with Crippen LogP contribution in [0.2, 0.25) is 5.02 Å².